The highest BCUT2D eigenvalue weighted by Gasteiger charge is 2.25. The summed E-state index contributed by atoms with van der Waals surface area (Å²) in [7, 11) is 0. The molecule has 0 aromatic carbocycles. The molecule has 2 unspecified atom stereocenters. The van der Waals surface area contributed by atoms with Gasteiger partial charge in [0.05, 0.1) is 24.5 Å². The summed E-state index contributed by atoms with van der Waals surface area (Å²) in [6.07, 6.45) is 3.11. The summed E-state index contributed by atoms with van der Waals surface area (Å²) in [6.45, 7) is 1.83. The number of aliphatic hydroxyl groups is 1. The number of thiazole rings is 1. The first-order valence-corrected chi connectivity index (χ1v) is 7.73. The van der Waals surface area contributed by atoms with Crippen molar-refractivity contribution >= 4 is 17.2 Å². The molecule has 1 amide bonds. The Morgan fingerprint density at radius 2 is 2.48 bits per heavy atom. The summed E-state index contributed by atoms with van der Waals surface area (Å²) in [4.78, 5) is 16.3. The first-order valence-electron chi connectivity index (χ1n) is 6.85. The van der Waals surface area contributed by atoms with Crippen LogP contribution in [0.5, 0.6) is 0 Å². The Bertz CT molecular complexity index is 596. The molecule has 2 aromatic heterocycles. The van der Waals surface area contributed by atoms with Crippen molar-refractivity contribution < 1.29 is 14.3 Å². The molecule has 1 saturated heterocycles. The maximum absolute atomic E-state index is 11.9. The highest BCUT2D eigenvalue weighted by atomic mass is 32.1. The second kappa shape index (κ2) is 6.38. The van der Waals surface area contributed by atoms with E-state index in [4.69, 9.17) is 4.42 Å². The minimum Gasteiger partial charge on any atom is -0.472 e. The van der Waals surface area contributed by atoms with Crippen LogP contribution in [-0.4, -0.2) is 41.7 Å². The summed E-state index contributed by atoms with van der Waals surface area (Å²) < 4.78 is 5.02. The molecule has 0 radical (unpaired) electrons. The van der Waals surface area contributed by atoms with Crippen molar-refractivity contribution in [2.45, 2.75) is 12.5 Å². The molecule has 6 nitrogen and oxygen atoms in total. The third-order valence-corrected chi connectivity index (χ3v) is 4.47. The SMILES string of the molecule is O=C(Cc1csc(-c2ccoc2)n1)NCC1CNCC1O. The van der Waals surface area contributed by atoms with Crippen LogP contribution in [0, 0.1) is 5.92 Å². The van der Waals surface area contributed by atoms with Crippen LogP contribution >= 0.6 is 11.3 Å². The van der Waals surface area contributed by atoms with Gasteiger partial charge >= 0.3 is 0 Å². The van der Waals surface area contributed by atoms with Gasteiger partial charge in [0.2, 0.25) is 5.91 Å². The molecule has 1 fully saturated rings. The topological polar surface area (TPSA) is 87.4 Å². The molecule has 112 valence electrons. The van der Waals surface area contributed by atoms with Gasteiger partial charge in [-0.15, -0.1) is 11.3 Å². The Morgan fingerprint density at radius 1 is 1.57 bits per heavy atom. The van der Waals surface area contributed by atoms with Crippen LogP contribution in [0.1, 0.15) is 5.69 Å². The molecule has 0 spiro atoms. The van der Waals surface area contributed by atoms with Gasteiger partial charge in [-0.3, -0.25) is 4.79 Å². The molecule has 3 rings (SSSR count). The molecule has 7 heteroatoms. The maximum Gasteiger partial charge on any atom is 0.226 e. The molecular formula is C14H17N3O3S. The molecule has 21 heavy (non-hydrogen) atoms. The monoisotopic (exact) mass is 307 g/mol. The van der Waals surface area contributed by atoms with Gasteiger partial charge in [-0.25, -0.2) is 4.98 Å². The zero-order valence-corrected chi connectivity index (χ0v) is 12.2. The molecular weight excluding hydrogens is 290 g/mol. The standard InChI is InChI=1S/C14H17N3O3S/c18-12-6-15-4-10(12)5-16-13(19)3-11-8-21-14(17-11)9-1-2-20-7-9/h1-2,7-8,10,12,15,18H,3-6H2,(H,16,19). The molecule has 1 aliphatic rings. The van der Waals surface area contributed by atoms with E-state index >= 15 is 0 Å². The minimum atomic E-state index is -0.378. The molecule has 3 heterocycles. The number of carbonyl (C=O) groups is 1. The van der Waals surface area contributed by atoms with Crippen LogP contribution < -0.4 is 10.6 Å². The number of carbonyl (C=O) groups excluding carboxylic acids is 1. The van der Waals surface area contributed by atoms with Crippen molar-refractivity contribution in [3.8, 4) is 10.6 Å². The molecule has 0 bridgehead atoms. The second-order valence-corrected chi connectivity index (χ2v) is 5.98. The van der Waals surface area contributed by atoms with Crippen molar-refractivity contribution in [3.05, 3.63) is 29.7 Å². The summed E-state index contributed by atoms with van der Waals surface area (Å²) in [5.74, 6) is 0.0176. The number of nitrogens with zero attached hydrogens (tertiary/aromatic N) is 1. The fourth-order valence-corrected chi connectivity index (χ4v) is 3.11. The molecule has 2 atom stereocenters. The van der Waals surface area contributed by atoms with Gasteiger partial charge < -0.3 is 20.2 Å². The number of furan rings is 1. The van der Waals surface area contributed by atoms with E-state index in [1.54, 1.807) is 12.5 Å². The van der Waals surface area contributed by atoms with E-state index in [9.17, 15) is 9.90 Å². The lowest BCUT2D eigenvalue weighted by Crippen LogP contribution is -2.35. The maximum atomic E-state index is 11.9. The predicted molar refractivity (Wildman–Crippen MR) is 78.9 cm³/mol. The molecule has 0 aliphatic carbocycles. The van der Waals surface area contributed by atoms with E-state index in [1.807, 2.05) is 11.4 Å². The van der Waals surface area contributed by atoms with E-state index in [0.29, 0.717) is 13.1 Å². The summed E-state index contributed by atoms with van der Waals surface area (Å²) in [6, 6.07) is 1.84. The quantitative estimate of drug-likeness (QED) is 0.754. The first kappa shape index (κ1) is 14.2. The van der Waals surface area contributed by atoms with Gasteiger partial charge in [0, 0.05) is 36.5 Å². The Labute approximate surface area is 126 Å². The van der Waals surface area contributed by atoms with Gasteiger partial charge in [0.1, 0.15) is 11.3 Å². The first-order chi connectivity index (χ1) is 10.2. The zero-order chi connectivity index (χ0) is 14.7. The Morgan fingerprint density at radius 3 is 3.19 bits per heavy atom. The number of aliphatic hydroxyl groups excluding tert-OH is 1. The van der Waals surface area contributed by atoms with Crippen molar-refractivity contribution in [1.82, 2.24) is 15.6 Å². The van der Waals surface area contributed by atoms with E-state index in [2.05, 4.69) is 15.6 Å². The average molecular weight is 307 g/mol. The van der Waals surface area contributed by atoms with Gasteiger partial charge in [-0.1, -0.05) is 0 Å². The number of rotatable bonds is 5. The Balaban J connectivity index is 1.51. The summed E-state index contributed by atoms with van der Waals surface area (Å²) in [5.41, 5.74) is 1.67. The minimum absolute atomic E-state index is 0.0712. The van der Waals surface area contributed by atoms with Crippen molar-refractivity contribution in [2.24, 2.45) is 5.92 Å². The fourth-order valence-electron chi connectivity index (χ4n) is 2.31. The molecule has 3 N–H and O–H groups in total. The third kappa shape index (κ3) is 3.49. The number of aromatic nitrogens is 1. The van der Waals surface area contributed by atoms with Gasteiger partial charge in [0.15, 0.2) is 0 Å². The highest BCUT2D eigenvalue weighted by Crippen LogP contribution is 2.24. The number of amides is 1. The van der Waals surface area contributed by atoms with Gasteiger partial charge in [-0.2, -0.15) is 0 Å². The lowest BCUT2D eigenvalue weighted by atomic mass is 10.1. The van der Waals surface area contributed by atoms with E-state index in [1.165, 1.54) is 11.3 Å². The smallest absolute Gasteiger partial charge is 0.226 e. The molecule has 2 aromatic rings. The van der Waals surface area contributed by atoms with Crippen molar-refractivity contribution in [3.63, 3.8) is 0 Å². The fraction of sp³-hybridized carbons (Fsp3) is 0.429. The average Bonchev–Trinajstić information content (AvgIpc) is 3.17. The molecule has 0 saturated carbocycles. The van der Waals surface area contributed by atoms with Crippen LogP contribution in [0.4, 0.5) is 0 Å². The van der Waals surface area contributed by atoms with Crippen LogP contribution in [-0.2, 0) is 11.2 Å². The number of hydrogen-bond donors (Lipinski definition) is 3. The normalized spacial score (nSPS) is 21.6. The van der Waals surface area contributed by atoms with E-state index in [0.717, 1.165) is 22.8 Å². The van der Waals surface area contributed by atoms with Crippen LogP contribution in [0.3, 0.4) is 0 Å². The second-order valence-electron chi connectivity index (χ2n) is 5.12. The number of hydrogen-bond acceptors (Lipinski definition) is 6. The van der Waals surface area contributed by atoms with Gasteiger partial charge in [-0.05, 0) is 6.07 Å². The van der Waals surface area contributed by atoms with E-state index in [-0.39, 0.29) is 24.3 Å². The number of β-amino-alcohol motifs (C(OH)–C–C–N with tert-alkyl or cyclic N) is 1. The highest BCUT2D eigenvalue weighted by molar-refractivity contribution is 7.13. The van der Waals surface area contributed by atoms with E-state index < -0.39 is 0 Å². The Kier molecular flexibility index (Phi) is 4.33. The number of nitrogens with one attached hydrogen (secondary N) is 2. The Hall–Kier alpha value is -1.70. The molecule has 1 aliphatic heterocycles. The lowest BCUT2D eigenvalue weighted by molar-refractivity contribution is -0.120. The summed E-state index contributed by atoms with van der Waals surface area (Å²) in [5, 5.41) is 18.3. The van der Waals surface area contributed by atoms with Crippen molar-refractivity contribution in [1.29, 1.82) is 0 Å². The largest absolute Gasteiger partial charge is 0.472 e. The zero-order valence-electron chi connectivity index (χ0n) is 11.4. The third-order valence-electron chi connectivity index (χ3n) is 3.53. The van der Waals surface area contributed by atoms with Crippen molar-refractivity contribution in [2.75, 3.05) is 19.6 Å². The van der Waals surface area contributed by atoms with Crippen LogP contribution in [0.2, 0.25) is 0 Å². The van der Waals surface area contributed by atoms with Crippen LogP contribution in [0.25, 0.3) is 10.6 Å². The van der Waals surface area contributed by atoms with Crippen LogP contribution in [0.15, 0.2) is 28.4 Å². The predicted octanol–water partition coefficient (Wildman–Crippen LogP) is 0.642. The lowest BCUT2D eigenvalue weighted by Gasteiger charge is -2.13. The summed E-state index contributed by atoms with van der Waals surface area (Å²) >= 11 is 1.49. The van der Waals surface area contributed by atoms with Gasteiger partial charge in [0.25, 0.3) is 0 Å².